The molecule has 1 aromatic heterocycles. The lowest BCUT2D eigenvalue weighted by Gasteiger charge is -2.04. The van der Waals surface area contributed by atoms with Crippen LogP contribution in [0.25, 0.3) is 6.08 Å². The van der Waals surface area contributed by atoms with Gasteiger partial charge in [-0.3, -0.25) is 4.79 Å². The van der Waals surface area contributed by atoms with Gasteiger partial charge in [0.1, 0.15) is 11.5 Å². The first-order valence-corrected chi connectivity index (χ1v) is 6.31. The molecule has 1 aromatic carbocycles. The number of aryl methyl sites for hydroxylation is 1. The molecule has 0 bridgehead atoms. The van der Waals surface area contributed by atoms with E-state index in [1.807, 2.05) is 12.1 Å². The molecular weight excluding hydrogens is 272 g/mol. The molecule has 0 saturated heterocycles. The molecule has 21 heavy (non-hydrogen) atoms. The minimum absolute atomic E-state index is 0.203. The number of methoxy groups -OCH3 is 1. The predicted octanol–water partition coefficient (Wildman–Crippen LogP) is 2.62. The van der Waals surface area contributed by atoms with Crippen LogP contribution in [0.5, 0.6) is 5.75 Å². The summed E-state index contributed by atoms with van der Waals surface area (Å²) >= 11 is 0. The highest BCUT2D eigenvalue weighted by molar-refractivity contribution is 6.01. The third kappa shape index (κ3) is 4.77. The van der Waals surface area contributed by atoms with Crippen LogP contribution in [0.15, 0.2) is 40.9 Å². The Morgan fingerprint density at radius 2 is 2.14 bits per heavy atom. The Kier molecular flexibility index (Phi) is 5.11. The summed E-state index contributed by atoms with van der Waals surface area (Å²) in [7, 11) is 1.56. The third-order valence-corrected chi connectivity index (χ3v) is 2.53. The maximum absolute atomic E-state index is 11.7. The van der Waals surface area contributed by atoms with Crippen LogP contribution >= 0.6 is 0 Å². The summed E-state index contributed by atoms with van der Waals surface area (Å²) in [6.07, 6.45) is 3.12. The van der Waals surface area contributed by atoms with Crippen LogP contribution in [-0.2, 0) is 9.53 Å². The standard InChI is InChI=1S/C15H16N2O4/c1-11-9-14(17-21-11)16-15(18)8-5-12-3-6-13(7-4-12)20-10-19-2/h3-9H,10H2,1-2H3,(H,16,17,18)/b8-5+. The second-order valence-corrected chi connectivity index (χ2v) is 4.27. The van der Waals surface area contributed by atoms with E-state index in [0.29, 0.717) is 17.3 Å². The number of hydrogen-bond donors (Lipinski definition) is 1. The summed E-state index contributed by atoms with van der Waals surface area (Å²) in [5.41, 5.74) is 0.881. The molecule has 0 aliphatic heterocycles. The van der Waals surface area contributed by atoms with Crippen molar-refractivity contribution in [3.63, 3.8) is 0 Å². The van der Waals surface area contributed by atoms with E-state index in [2.05, 4.69) is 10.5 Å². The Labute approximate surface area is 122 Å². The van der Waals surface area contributed by atoms with Crippen LogP contribution in [0.3, 0.4) is 0 Å². The number of carbonyl (C=O) groups is 1. The second kappa shape index (κ2) is 7.25. The van der Waals surface area contributed by atoms with Gasteiger partial charge in [0, 0.05) is 19.3 Å². The van der Waals surface area contributed by atoms with Gasteiger partial charge >= 0.3 is 0 Å². The Hall–Kier alpha value is -2.60. The van der Waals surface area contributed by atoms with Gasteiger partial charge in [-0.2, -0.15) is 0 Å². The minimum atomic E-state index is -0.275. The lowest BCUT2D eigenvalue weighted by molar-refractivity contribution is -0.111. The topological polar surface area (TPSA) is 73.6 Å². The highest BCUT2D eigenvalue weighted by atomic mass is 16.7. The first kappa shape index (κ1) is 14.8. The van der Waals surface area contributed by atoms with E-state index >= 15 is 0 Å². The molecule has 0 fully saturated rings. The highest BCUT2D eigenvalue weighted by Gasteiger charge is 2.02. The molecule has 2 rings (SSSR count). The number of hydrogen-bond acceptors (Lipinski definition) is 5. The van der Waals surface area contributed by atoms with Gasteiger partial charge in [0.15, 0.2) is 12.6 Å². The van der Waals surface area contributed by atoms with Gasteiger partial charge in [0.2, 0.25) is 5.91 Å². The number of carbonyl (C=O) groups excluding carboxylic acids is 1. The van der Waals surface area contributed by atoms with Crippen molar-refractivity contribution in [2.24, 2.45) is 0 Å². The lowest BCUT2D eigenvalue weighted by Crippen LogP contribution is -2.07. The number of aromatic nitrogens is 1. The molecule has 6 nitrogen and oxygen atoms in total. The SMILES string of the molecule is COCOc1ccc(/C=C/C(=O)Nc2cc(C)on2)cc1. The van der Waals surface area contributed by atoms with E-state index in [1.54, 1.807) is 38.3 Å². The van der Waals surface area contributed by atoms with Crippen molar-refractivity contribution in [1.29, 1.82) is 0 Å². The van der Waals surface area contributed by atoms with Crippen LogP contribution in [-0.4, -0.2) is 25.0 Å². The maximum Gasteiger partial charge on any atom is 0.249 e. The van der Waals surface area contributed by atoms with Crippen molar-refractivity contribution in [3.8, 4) is 5.75 Å². The van der Waals surface area contributed by atoms with Crippen molar-refractivity contribution < 1.29 is 18.8 Å². The van der Waals surface area contributed by atoms with Gasteiger partial charge in [-0.25, -0.2) is 0 Å². The maximum atomic E-state index is 11.7. The van der Waals surface area contributed by atoms with Crippen molar-refractivity contribution in [3.05, 3.63) is 47.7 Å². The zero-order valence-corrected chi connectivity index (χ0v) is 11.8. The molecule has 0 saturated carbocycles. The van der Waals surface area contributed by atoms with Gasteiger partial charge in [-0.1, -0.05) is 17.3 Å². The van der Waals surface area contributed by atoms with Gasteiger partial charge in [-0.05, 0) is 30.7 Å². The van der Waals surface area contributed by atoms with Gasteiger partial charge in [0.05, 0.1) is 0 Å². The molecular formula is C15H16N2O4. The summed E-state index contributed by atoms with van der Waals surface area (Å²) < 4.78 is 14.9. The predicted molar refractivity (Wildman–Crippen MR) is 77.8 cm³/mol. The van der Waals surface area contributed by atoms with Gasteiger partial charge < -0.3 is 19.3 Å². The monoisotopic (exact) mass is 288 g/mol. The number of amides is 1. The fraction of sp³-hybridized carbons (Fsp3) is 0.200. The third-order valence-electron chi connectivity index (χ3n) is 2.53. The van der Waals surface area contributed by atoms with E-state index in [4.69, 9.17) is 14.0 Å². The van der Waals surface area contributed by atoms with Crippen LogP contribution < -0.4 is 10.1 Å². The van der Waals surface area contributed by atoms with E-state index in [0.717, 1.165) is 5.56 Å². The van der Waals surface area contributed by atoms with Crippen molar-refractivity contribution in [2.45, 2.75) is 6.92 Å². The number of benzene rings is 1. The fourth-order valence-electron chi connectivity index (χ4n) is 1.57. The van der Waals surface area contributed by atoms with Crippen LogP contribution in [0.2, 0.25) is 0 Å². The van der Waals surface area contributed by atoms with Crippen LogP contribution in [0.4, 0.5) is 5.82 Å². The summed E-state index contributed by atoms with van der Waals surface area (Å²) in [6, 6.07) is 8.94. The molecule has 1 amide bonds. The zero-order chi connectivity index (χ0) is 15.1. The lowest BCUT2D eigenvalue weighted by atomic mass is 10.2. The van der Waals surface area contributed by atoms with E-state index in [-0.39, 0.29) is 12.7 Å². The molecule has 0 aliphatic carbocycles. The first-order valence-electron chi connectivity index (χ1n) is 6.31. The van der Waals surface area contributed by atoms with E-state index in [1.165, 1.54) is 6.08 Å². The van der Waals surface area contributed by atoms with Crippen LogP contribution in [0, 0.1) is 6.92 Å². The average Bonchev–Trinajstić information content (AvgIpc) is 2.89. The van der Waals surface area contributed by atoms with Crippen molar-refractivity contribution in [1.82, 2.24) is 5.16 Å². The average molecular weight is 288 g/mol. The van der Waals surface area contributed by atoms with E-state index < -0.39 is 0 Å². The zero-order valence-electron chi connectivity index (χ0n) is 11.8. The molecule has 110 valence electrons. The number of ether oxygens (including phenoxy) is 2. The van der Waals surface area contributed by atoms with Gasteiger partial charge in [-0.15, -0.1) is 0 Å². The number of nitrogens with zero attached hydrogens (tertiary/aromatic N) is 1. The van der Waals surface area contributed by atoms with Crippen LogP contribution in [0.1, 0.15) is 11.3 Å². The molecule has 1 heterocycles. The molecule has 0 aliphatic rings. The minimum Gasteiger partial charge on any atom is -0.468 e. The highest BCUT2D eigenvalue weighted by Crippen LogP contribution is 2.13. The number of anilines is 1. The summed E-state index contributed by atoms with van der Waals surface area (Å²) in [5.74, 6) is 1.46. The fourth-order valence-corrected chi connectivity index (χ4v) is 1.57. The summed E-state index contributed by atoms with van der Waals surface area (Å²) in [4.78, 5) is 11.7. The Bertz CT molecular complexity index is 617. The Morgan fingerprint density at radius 3 is 2.76 bits per heavy atom. The summed E-state index contributed by atoms with van der Waals surface area (Å²) in [5, 5.41) is 6.28. The molecule has 0 radical (unpaired) electrons. The molecule has 6 heteroatoms. The smallest absolute Gasteiger partial charge is 0.249 e. The molecule has 0 unspecified atom stereocenters. The Morgan fingerprint density at radius 1 is 1.38 bits per heavy atom. The number of nitrogens with one attached hydrogen (secondary N) is 1. The van der Waals surface area contributed by atoms with Crippen molar-refractivity contribution >= 4 is 17.8 Å². The molecule has 1 N–H and O–H groups in total. The van der Waals surface area contributed by atoms with Crippen molar-refractivity contribution in [2.75, 3.05) is 19.2 Å². The molecule has 0 atom stereocenters. The normalized spacial score (nSPS) is 10.8. The van der Waals surface area contributed by atoms with E-state index in [9.17, 15) is 4.79 Å². The number of rotatable bonds is 6. The Balaban J connectivity index is 1.89. The second-order valence-electron chi connectivity index (χ2n) is 4.27. The molecule has 0 spiro atoms. The summed E-state index contributed by atoms with van der Waals surface area (Å²) in [6.45, 7) is 1.96. The quantitative estimate of drug-likeness (QED) is 0.653. The van der Waals surface area contributed by atoms with Gasteiger partial charge in [0.25, 0.3) is 0 Å². The largest absolute Gasteiger partial charge is 0.468 e. The molecule has 2 aromatic rings. The first-order chi connectivity index (χ1) is 10.2.